The highest BCUT2D eigenvalue weighted by atomic mass is 16.5. The van der Waals surface area contributed by atoms with Gasteiger partial charge in [0.2, 0.25) is 0 Å². The Bertz CT molecular complexity index is 383. The first-order chi connectivity index (χ1) is 8.77. The molecule has 0 saturated carbocycles. The zero-order valence-electron chi connectivity index (χ0n) is 10.7. The molecule has 1 aliphatic heterocycles. The standard InChI is InChI=1S/C14H21NO3/c1-2-14(17)12-5-3-4-6-13(12)15-7-8-18-10-11(15)9-16/h3-6,11,14,16-17H,2,7-10H2,1H3/t11?,14-/m0/s1. The molecule has 2 N–H and O–H groups in total. The number of hydrogen-bond donors (Lipinski definition) is 2. The number of ether oxygens (including phenoxy) is 1. The second kappa shape index (κ2) is 6.18. The van der Waals surface area contributed by atoms with Crippen molar-refractivity contribution in [3.8, 4) is 0 Å². The Morgan fingerprint density at radius 1 is 1.44 bits per heavy atom. The highest BCUT2D eigenvalue weighted by molar-refractivity contribution is 5.55. The van der Waals surface area contributed by atoms with E-state index >= 15 is 0 Å². The van der Waals surface area contributed by atoms with Crippen LogP contribution in [0.5, 0.6) is 0 Å². The van der Waals surface area contributed by atoms with Gasteiger partial charge < -0.3 is 19.8 Å². The molecule has 0 spiro atoms. The van der Waals surface area contributed by atoms with Crippen molar-refractivity contribution in [1.82, 2.24) is 0 Å². The van der Waals surface area contributed by atoms with Gasteiger partial charge in [0.15, 0.2) is 0 Å². The third kappa shape index (κ3) is 2.66. The first-order valence-electron chi connectivity index (χ1n) is 6.50. The van der Waals surface area contributed by atoms with E-state index in [1.54, 1.807) is 0 Å². The molecule has 1 fully saturated rings. The van der Waals surface area contributed by atoms with Crippen LogP contribution in [-0.4, -0.2) is 42.6 Å². The van der Waals surface area contributed by atoms with Gasteiger partial charge in [0.25, 0.3) is 0 Å². The minimum Gasteiger partial charge on any atom is -0.394 e. The van der Waals surface area contributed by atoms with Crippen molar-refractivity contribution in [3.63, 3.8) is 0 Å². The Hall–Kier alpha value is -1.10. The lowest BCUT2D eigenvalue weighted by Crippen LogP contribution is -2.48. The fourth-order valence-corrected chi connectivity index (χ4v) is 2.37. The number of aliphatic hydroxyl groups excluding tert-OH is 2. The number of para-hydroxylation sites is 1. The number of benzene rings is 1. The van der Waals surface area contributed by atoms with Crippen LogP contribution in [0, 0.1) is 0 Å². The number of anilines is 1. The number of aliphatic hydroxyl groups is 2. The molecule has 1 aromatic carbocycles. The summed E-state index contributed by atoms with van der Waals surface area (Å²) in [6.07, 6.45) is 0.230. The Balaban J connectivity index is 2.30. The van der Waals surface area contributed by atoms with Crippen molar-refractivity contribution in [2.24, 2.45) is 0 Å². The van der Waals surface area contributed by atoms with Crippen molar-refractivity contribution >= 4 is 5.69 Å². The minimum atomic E-state index is -0.455. The summed E-state index contributed by atoms with van der Waals surface area (Å²) in [4.78, 5) is 2.14. The van der Waals surface area contributed by atoms with Crippen LogP contribution in [-0.2, 0) is 4.74 Å². The molecule has 1 aromatic rings. The average Bonchev–Trinajstić information content (AvgIpc) is 2.46. The third-order valence-corrected chi connectivity index (χ3v) is 3.43. The van der Waals surface area contributed by atoms with Gasteiger partial charge in [-0.3, -0.25) is 0 Å². The lowest BCUT2D eigenvalue weighted by atomic mass is 10.0. The third-order valence-electron chi connectivity index (χ3n) is 3.43. The van der Waals surface area contributed by atoms with E-state index in [-0.39, 0.29) is 12.6 Å². The summed E-state index contributed by atoms with van der Waals surface area (Å²) in [5.74, 6) is 0. The Morgan fingerprint density at radius 3 is 2.94 bits per heavy atom. The number of hydrogen-bond acceptors (Lipinski definition) is 4. The lowest BCUT2D eigenvalue weighted by molar-refractivity contribution is 0.0721. The number of morpholine rings is 1. The van der Waals surface area contributed by atoms with Crippen LogP contribution in [0.25, 0.3) is 0 Å². The fourth-order valence-electron chi connectivity index (χ4n) is 2.37. The fraction of sp³-hybridized carbons (Fsp3) is 0.571. The van der Waals surface area contributed by atoms with Crippen LogP contribution in [0.3, 0.4) is 0 Å². The molecular formula is C14H21NO3. The molecule has 1 unspecified atom stereocenters. The van der Waals surface area contributed by atoms with Gasteiger partial charge in [0.05, 0.1) is 32.0 Å². The summed E-state index contributed by atoms with van der Waals surface area (Å²) < 4.78 is 5.39. The molecule has 0 bridgehead atoms. The van der Waals surface area contributed by atoms with Crippen LogP contribution < -0.4 is 4.90 Å². The molecule has 1 heterocycles. The monoisotopic (exact) mass is 251 g/mol. The van der Waals surface area contributed by atoms with E-state index in [1.165, 1.54) is 0 Å². The Labute approximate surface area is 108 Å². The van der Waals surface area contributed by atoms with Crippen LogP contribution in [0.2, 0.25) is 0 Å². The molecule has 0 aliphatic carbocycles. The second-order valence-corrected chi connectivity index (χ2v) is 4.59. The highest BCUT2D eigenvalue weighted by Gasteiger charge is 2.25. The van der Waals surface area contributed by atoms with Gasteiger partial charge in [-0.25, -0.2) is 0 Å². The molecular weight excluding hydrogens is 230 g/mol. The van der Waals surface area contributed by atoms with Crippen LogP contribution >= 0.6 is 0 Å². The van der Waals surface area contributed by atoms with Crippen molar-refractivity contribution in [2.45, 2.75) is 25.5 Å². The zero-order valence-corrected chi connectivity index (χ0v) is 10.7. The first kappa shape index (κ1) is 13.3. The van der Waals surface area contributed by atoms with E-state index in [0.717, 1.165) is 17.8 Å². The summed E-state index contributed by atoms with van der Waals surface area (Å²) in [6, 6.07) is 7.83. The zero-order chi connectivity index (χ0) is 13.0. The predicted octanol–water partition coefficient (Wildman–Crippen LogP) is 1.33. The maximum absolute atomic E-state index is 10.1. The summed E-state index contributed by atoms with van der Waals surface area (Å²) in [5, 5.41) is 19.5. The van der Waals surface area contributed by atoms with Gasteiger partial charge in [-0.15, -0.1) is 0 Å². The second-order valence-electron chi connectivity index (χ2n) is 4.59. The normalized spacial score (nSPS) is 21.9. The number of nitrogens with zero attached hydrogens (tertiary/aromatic N) is 1. The smallest absolute Gasteiger partial charge is 0.0807 e. The largest absolute Gasteiger partial charge is 0.394 e. The van der Waals surface area contributed by atoms with E-state index in [2.05, 4.69) is 4.90 Å². The van der Waals surface area contributed by atoms with Crippen molar-refractivity contribution < 1.29 is 14.9 Å². The van der Waals surface area contributed by atoms with Gasteiger partial charge in [0.1, 0.15) is 0 Å². The SMILES string of the molecule is CC[C@H](O)c1ccccc1N1CCOCC1CO. The molecule has 0 amide bonds. The van der Waals surface area contributed by atoms with Crippen LogP contribution in [0.15, 0.2) is 24.3 Å². The summed E-state index contributed by atoms with van der Waals surface area (Å²) >= 11 is 0. The lowest BCUT2D eigenvalue weighted by Gasteiger charge is -2.38. The minimum absolute atomic E-state index is 0.0241. The summed E-state index contributed by atoms with van der Waals surface area (Å²) in [5.41, 5.74) is 1.94. The summed E-state index contributed by atoms with van der Waals surface area (Å²) in [6.45, 7) is 3.97. The average molecular weight is 251 g/mol. The van der Waals surface area contributed by atoms with Gasteiger partial charge in [0, 0.05) is 17.8 Å². The van der Waals surface area contributed by atoms with Gasteiger partial charge in [-0.05, 0) is 12.5 Å². The van der Waals surface area contributed by atoms with Gasteiger partial charge in [-0.1, -0.05) is 25.1 Å². The maximum Gasteiger partial charge on any atom is 0.0807 e. The summed E-state index contributed by atoms with van der Waals surface area (Å²) in [7, 11) is 0. The topological polar surface area (TPSA) is 52.9 Å². The molecule has 0 radical (unpaired) electrons. The van der Waals surface area contributed by atoms with E-state index in [9.17, 15) is 10.2 Å². The molecule has 100 valence electrons. The van der Waals surface area contributed by atoms with Crippen LogP contribution in [0.4, 0.5) is 5.69 Å². The molecule has 0 aromatic heterocycles. The predicted molar refractivity (Wildman–Crippen MR) is 70.7 cm³/mol. The maximum atomic E-state index is 10.1. The van der Waals surface area contributed by atoms with Crippen molar-refractivity contribution in [3.05, 3.63) is 29.8 Å². The number of rotatable bonds is 4. The first-order valence-corrected chi connectivity index (χ1v) is 6.50. The van der Waals surface area contributed by atoms with E-state index < -0.39 is 6.10 Å². The molecule has 2 rings (SSSR count). The van der Waals surface area contributed by atoms with E-state index in [4.69, 9.17) is 4.74 Å². The van der Waals surface area contributed by atoms with Gasteiger partial charge in [-0.2, -0.15) is 0 Å². The Kier molecular flexibility index (Phi) is 4.58. The van der Waals surface area contributed by atoms with Crippen LogP contribution in [0.1, 0.15) is 25.0 Å². The molecule has 18 heavy (non-hydrogen) atoms. The molecule has 2 atom stereocenters. The molecule has 1 aliphatic rings. The van der Waals surface area contributed by atoms with Gasteiger partial charge >= 0.3 is 0 Å². The molecule has 1 saturated heterocycles. The van der Waals surface area contributed by atoms with Crippen molar-refractivity contribution in [1.29, 1.82) is 0 Å². The van der Waals surface area contributed by atoms with Crippen molar-refractivity contribution in [2.75, 3.05) is 31.3 Å². The molecule has 4 nitrogen and oxygen atoms in total. The Morgan fingerprint density at radius 2 is 2.22 bits per heavy atom. The van der Waals surface area contributed by atoms with E-state index in [0.29, 0.717) is 19.6 Å². The quantitative estimate of drug-likeness (QED) is 0.847. The highest BCUT2D eigenvalue weighted by Crippen LogP contribution is 2.30. The molecule has 4 heteroatoms. The van der Waals surface area contributed by atoms with E-state index in [1.807, 2.05) is 31.2 Å².